The van der Waals surface area contributed by atoms with Crippen molar-refractivity contribution in [3.8, 4) is 11.1 Å². The molecule has 0 saturated heterocycles. The van der Waals surface area contributed by atoms with E-state index in [1.807, 2.05) is 30.3 Å². The number of rotatable bonds is 5. The maximum Gasteiger partial charge on any atom is 0.412 e. The molecule has 0 atom stereocenters. The first-order chi connectivity index (χ1) is 13.0. The van der Waals surface area contributed by atoms with Gasteiger partial charge in [-0.05, 0) is 30.2 Å². The summed E-state index contributed by atoms with van der Waals surface area (Å²) < 4.78 is 18.3. The quantitative estimate of drug-likeness (QED) is 0.624. The van der Waals surface area contributed by atoms with Gasteiger partial charge in [0, 0.05) is 10.4 Å². The van der Waals surface area contributed by atoms with Crippen LogP contribution in [0, 0.1) is 12.7 Å². The smallest absolute Gasteiger partial charge is 0.412 e. The molecule has 1 amide bonds. The van der Waals surface area contributed by atoms with Crippen LogP contribution in [0.25, 0.3) is 11.1 Å². The van der Waals surface area contributed by atoms with E-state index in [4.69, 9.17) is 4.74 Å². The summed E-state index contributed by atoms with van der Waals surface area (Å²) in [6.07, 6.45) is -0.742. The van der Waals surface area contributed by atoms with Crippen molar-refractivity contribution < 1.29 is 23.8 Å². The Morgan fingerprint density at radius 2 is 1.78 bits per heavy atom. The van der Waals surface area contributed by atoms with Crippen molar-refractivity contribution in [3.63, 3.8) is 0 Å². The van der Waals surface area contributed by atoms with E-state index in [1.54, 1.807) is 6.92 Å². The van der Waals surface area contributed by atoms with Gasteiger partial charge in [-0.3, -0.25) is 5.32 Å². The summed E-state index contributed by atoms with van der Waals surface area (Å²) in [5.41, 5.74) is 1.79. The lowest BCUT2D eigenvalue weighted by Crippen LogP contribution is -2.14. The fourth-order valence-corrected chi connectivity index (χ4v) is 3.71. The first-order valence-electron chi connectivity index (χ1n) is 8.06. The number of hydrogen-bond acceptors (Lipinski definition) is 4. The first-order valence-corrected chi connectivity index (χ1v) is 8.87. The fourth-order valence-electron chi connectivity index (χ4n) is 2.65. The second kappa shape index (κ2) is 8.01. The van der Waals surface area contributed by atoms with E-state index in [1.165, 1.54) is 24.3 Å². The summed E-state index contributed by atoms with van der Waals surface area (Å²) in [4.78, 5) is 24.6. The van der Waals surface area contributed by atoms with Crippen molar-refractivity contribution >= 4 is 28.4 Å². The molecule has 5 nitrogen and oxygen atoms in total. The molecule has 7 heteroatoms. The average Bonchev–Trinajstić information content (AvgIpc) is 2.97. The molecule has 2 aromatic carbocycles. The second-order valence-electron chi connectivity index (χ2n) is 5.74. The number of carboxylic acid groups (broad SMARTS) is 1. The second-order valence-corrected chi connectivity index (χ2v) is 6.96. The number of hydrogen-bond donors (Lipinski definition) is 2. The maximum atomic E-state index is 13.2. The molecule has 1 aromatic heterocycles. The standard InChI is InChI=1S/C20H16FNO4S/c1-12-16(14-7-9-15(21)10-8-14)17(19(23)24)18(27-12)22-20(25)26-11-13-5-3-2-4-6-13/h2-10H,11H2,1H3,(H,22,25)(H,23,24). The van der Waals surface area contributed by atoms with E-state index in [9.17, 15) is 19.1 Å². The Balaban J connectivity index is 1.83. The van der Waals surface area contributed by atoms with Gasteiger partial charge in [-0.15, -0.1) is 11.3 Å². The molecule has 0 aliphatic carbocycles. The monoisotopic (exact) mass is 385 g/mol. The third kappa shape index (κ3) is 4.32. The summed E-state index contributed by atoms with van der Waals surface area (Å²) in [5, 5.41) is 12.3. The number of carboxylic acids is 1. The number of nitrogens with one attached hydrogen (secondary N) is 1. The van der Waals surface area contributed by atoms with Gasteiger partial charge in [0.25, 0.3) is 0 Å². The summed E-state index contributed by atoms with van der Waals surface area (Å²) in [6, 6.07) is 14.7. The van der Waals surface area contributed by atoms with Gasteiger partial charge in [0.1, 0.15) is 23.0 Å². The Morgan fingerprint density at radius 3 is 2.41 bits per heavy atom. The van der Waals surface area contributed by atoms with Gasteiger partial charge in [0.2, 0.25) is 0 Å². The van der Waals surface area contributed by atoms with Crippen LogP contribution in [0.4, 0.5) is 14.2 Å². The molecule has 0 radical (unpaired) electrons. The first kappa shape index (κ1) is 18.6. The minimum Gasteiger partial charge on any atom is -0.478 e. The highest BCUT2D eigenvalue weighted by Gasteiger charge is 2.24. The van der Waals surface area contributed by atoms with Crippen molar-refractivity contribution in [2.24, 2.45) is 0 Å². The van der Waals surface area contributed by atoms with Gasteiger partial charge in [0.05, 0.1) is 0 Å². The number of amides is 1. The Morgan fingerprint density at radius 1 is 1.11 bits per heavy atom. The third-order valence-corrected chi connectivity index (χ3v) is 4.88. The predicted molar refractivity (Wildman–Crippen MR) is 102 cm³/mol. The fraction of sp³-hybridized carbons (Fsp3) is 0.100. The Labute approximate surface area is 159 Å². The molecule has 1 heterocycles. The highest BCUT2D eigenvalue weighted by atomic mass is 32.1. The van der Waals surface area contributed by atoms with Crippen molar-refractivity contribution in [2.75, 3.05) is 5.32 Å². The number of benzene rings is 2. The van der Waals surface area contributed by atoms with Crippen LogP contribution in [0.2, 0.25) is 0 Å². The number of aryl methyl sites for hydroxylation is 1. The SMILES string of the molecule is Cc1sc(NC(=O)OCc2ccccc2)c(C(=O)O)c1-c1ccc(F)cc1. The molecule has 0 unspecified atom stereocenters. The van der Waals surface area contributed by atoms with E-state index >= 15 is 0 Å². The lowest BCUT2D eigenvalue weighted by Gasteiger charge is -2.07. The minimum absolute atomic E-state index is 0.0410. The normalized spacial score (nSPS) is 10.4. The van der Waals surface area contributed by atoms with Gasteiger partial charge >= 0.3 is 12.1 Å². The van der Waals surface area contributed by atoms with Crippen LogP contribution in [0.1, 0.15) is 20.8 Å². The van der Waals surface area contributed by atoms with Crippen LogP contribution < -0.4 is 5.32 Å². The van der Waals surface area contributed by atoms with E-state index in [0.29, 0.717) is 16.0 Å². The van der Waals surface area contributed by atoms with Crippen LogP contribution in [-0.4, -0.2) is 17.2 Å². The zero-order chi connectivity index (χ0) is 19.4. The average molecular weight is 385 g/mol. The number of ether oxygens (including phenoxy) is 1. The lowest BCUT2D eigenvalue weighted by atomic mass is 10.0. The Kier molecular flexibility index (Phi) is 5.52. The molecule has 0 saturated carbocycles. The molecule has 0 spiro atoms. The third-order valence-electron chi connectivity index (χ3n) is 3.86. The number of aromatic carboxylic acids is 1. The molecule has 3 rings (SSSR count). The van der Waals surface area contributed by atoms with Gasteiger partial charge in [-0.2, -0.15) is 0 Å². The Bertz CT molecular complexity index is 968. The van der Waals surface area contributed by atoms with Crippen LogP contribution >= 0.6 is 11.3 Å². The molecular formula is C20H16FNO4S. The number of anilines is 1. The van der Waals surface area contributed by atoms with Gasteiger partial charge in [-0.1, -0.05) is 42.5 Å². The number of carbonyl (C=O) groups excluding carboxylic acids is 1. The van der Waals surface area contributed by atoms with Gasteiger partial charge in [-0.25, -0.2) is 14.0 Å². The molecule has 0 bridgehead atoms. The molecule has 27 heavy (non-hydrogen) atoms. The maximum absolute atomic E-state index is 13.2. The molecule has 3 aromatic rings. The zero-order valence-electron chi connectivity index (χ0n) is 14.4. The van der Waals surface area contributed by atoms with Gasteiger partial charge < -0.3 is 9.84 Å². The molecule has 2 N–H and O–H groups in total. The van der Waals surface area contributed by atoms with E-state index in [2.05, 4.69) is 5.32 Å². The van der Waals surface area contributed by atoms with Crippen molar-refractivity contribution in [3.05, 3.63) is 76.4 Å². The zero-order valence-corrected chi connectivity index (χ0v) is 15.2. The Hall–Kier alpha value is -3.19. The van der Waals surface area contributed by atoms with Crippen molar-refractivity contribution in [1.82, 2.24) is 0 Å². The molecule has 0 fully saturated rings. The molecule has 0 aliphatic rings. The van der Waals surface area contributed by atoms with Crippen molar-refractivity contribution in [1.29, 1.82) is 0 Å². The van der Waals surface area contributed by atoms with Crippen LogP contribution in [0.15, 0.2) is 54.6 Å². The highest BCUT2D eigenvalue weighted by Crippen LogP contribution is 2.40. The largest absolute Gasteiger partial charge is 0.478 e. The van der Waals surface area contributed by atoms with Crippen LogP contribution in [0.5, 0.6) is 0 Å². The van der Waals surface area contributed by atoms with E-state index < -0.39 is 17.9 Å². The van der Waals surface area contributed by atoms with E-state index in [0.717, 1.165) is 16.9 Å². The summed E-state index contributed by atoms with van der Waals surface area (Å²) >= 11 is 1.13. The molecular weight excluding hydrogens is 369 g/mol. The lowest BCUT2D eigenvalue weighted by molar-refractivity contribution is 0.0699. The van der Waals surface area contributed by atoms with Gasteiger partial charge in [0.15, 0.2) is 0 Å². The van der Waals surface area contributed by atoms with Crippen LogP contribution in [-0.2, 0) is 11.3 Å². The summed E-state index contributed by atoms with van der Waals surface area (Å²) in [7, 11) is 0. The topological polar surface area (TPSA) is 75.6 Å². The number of thiophene rings is 1. The summed E-state index contributed by atoms with van der Waals surface area (Å²) in [5.74, 6) is -1.59. The van der Waals surface area contributed by atoms with Crippen LogP contribution in [0.3, 0.4) is 0 Å². The molecule has 0 aliphatic heterocycles. The van der Waals surface area contributed by atoms with E-state index in [-0.39, 0.29) is 17.2 Å². The number of halogens is 1. The molecule has 138 valence electrons. The predicted octanol–water partition coefficient (Wildman–Crippen LogP) is 5.31. The minimum atomic E-state index is -1.18. The summed E-state index contributed by atoms with van der Waals surface area (Å²) in [6.45, 7) is 1.82. The number of carbonyl (C=O) groups is 2. The van der Waals surface area contributed by atoms with Crippen molar-refractivity contribution in [2.45, 2.75) is 13.5 Å². The highest BCUT2D eigenvalue weighted by molar-refractivity contribution is 7.17.